The molecular formula is C16H25NO2. The lowest BCUT2D eigenvalue weighted by atomic mass is 9.73. The second-order valence-electron chi connectivity index (χ2n) is 5.38. The Labute approximate surface area is 116 Å². The lowest BCUT2D eigenvalue weighted by Crippen LogP contribution is -2.43. The van der Waals surface area contributed by atoms with E-state index in [-0.39, 0.29) is 5.41 Å². The first-order valence-corrected chi connectivity index (χ1v) is 7.15. The highest BCUT2D eigenvalue weighted by molar-refractivity contribution is 5.43. The zero-order chi connectivity index (χ0) is 13.7. The van der Waals surface area contributed by atoms with Gasteiger partial charge >= 0.3 is 0 Å². The average Bonchev–Trinajstić information content (AvgIpc) is 2.46. The van der Waals surface area contributed by atoms with Crippen LogP contribution in [-0.2, 0) is 10.2 Å². The molecular weight excluding hydrogens is 238 g/mol. The molecule has 1 fully saturated rings. The van der Waals surface area contributed by atoms with E-state index in [9.17, 15) is 0 Å². The van der Waals surface area contributed by atoms with Gasteiger partial charge in [-0.05, 0) is 32.4 Å². The molecule has 0 aliphatic carbocycles. The van der Waals surface area contributed by atoms with E-state index in [2.05, 4.69) is 37.4 Å². The predicted molar refractivity (Wildman–Crippen MR) is 78.0 cm³/mol. The highest BCUT2D eigenvalue weighted by Gasteiger charge is 2.36. The van der Waals surface area contributed by atoms with Crippen LogP contribution in [0.3, 0.4) is 0 Å². The highest BCUT2D eigenvalue weighted by atomic mass is 16.5. The van der Waals surface area contributed by atoms with E-state index in [1.165, 1.54) is 11.1 Å². The zero-order valence-electron chi connectivity index (χ0n) is 12.3. The summed E-state index contributed by atoms with van der Waals surface area (Å²) in [5, 5.41) is 3.52. The quantitative estimate of drug-likeness (QED) is 0.886. The lowest BCUT2D eigenvalue weighted by Gasteiger charge is -2.39. The van der Waals surface area contributed by atoms with Crippen LogP contribution in [0.1, 0.15) is 30.9 Å². The Bertz CT molecular complexity index is 411. The first-order chi connectivity index (χ1) is 9.22. The predicted octanol–water partition coefficient (Wildman–Crippen LogP) is 2.66. The molecule has 1 aromatic rings. The number of hydrogen-bond acceptors (Lipinski definition) is 3. The maximum absolute atomic E-state index is 5.59. The fourth-order valence-electron chi connectivity index (χ4n) is 2.90. The lowest BCUT2D eigenvalue weighted by molar-refractivity contribution is 0.0492. The number of rotatable bonds is 5. The van der Waals surface area contributed by atoms with Crippen molar-refractivity contribution in [3.63, 3.8) is 0 Å². The smallest absolute Gasteiger partial charge is 0.122 e. The Morgan fingerprint density at radius 2 is 2.05 bits per heavy atom. The van der Waals surface area contributed by atoms with Gasteiger partial charge in [0.25, 0.3) is 0 Å². The molecule has 0 radical (unpaired) electrons. The monoisotopic (exact) mass is 263 g/mol. The fourth-order valence-corrected chi connectivity index (χ4v) is 2.90. The summed E-state index contributed by atoms with van der Waals surface area (Å²) in [5.41, 5.74) is 2.77. The van der Waals surface area contributed by atoms with Gasteiger partial charge in [-0.25, -0.2) is 0 Å². The molecule has 3 nitrogen and oxygen atoms in total. The molecule has 0 unspecified atom stereocenters. The van der Waals surface area contributed by atoms with Crippen LogP contribution in [0.15, 0.2) is 18.2 Å². The van der Waals surface area contributed by atoms with Gasteiger partial charge in [-0.15, -0.1) is 0 Å². The Morgan fingerprint density at radius 1 is 1.32 bits per heavy atom. The molecule has 106 valence electrons. The van der Waals surface area contributed by atoms with Crippen molar-refractivity contribution >= 4 is 0 Å². The van der Waals surface area contributed by atoms with Crippen molar-refractivity contribution in [3.05, 3.63) is 29.3 Å². The molecule has 0 atom stereocenters. The summed E-state index contributed by atoms with van der Waals surface area (Å²) in [7, 11) is 1.76. The van der Waals surface area contributed by atoms with E-state index in [1.54, 1.807) is 7.11 Å². The molecule has 0 aromatic heterocycles. The minimum Gasteiger partial charge on any atom is -0.496 e. The molecule has 0 bridgehead atoms. The molecule has 1 heterocycles. The summed E-state index contributed by atoms with van der Waals surface area (Å²) in [6.45, 7) is 7.96. The SMILES string of the molecule is CCNCC1(c2cc(C)ccc2OC)CCOCC1. The Kier molecular flexibility index (Phi) is 4.83. The second-order valence-corrected chi connectivity index (χ2v) is 5.38. The van der Waals surface area contributed by atoms with Gasteiger partial charge in [0.1, 0.15) is 5.75 Å². The summed E-state index contributed by atoms with van der Waals surface area (Å²) < 4.78 is 11.2. The molecule has 1 N–H and O–H groups in total. The topological polar surface area (TPSA) is 30.5 Å². The van der Waals surface area contributed by atoms with E-state index in [4.69, 9.17) is 9.47 Å². The van der Waals surface area contributed by atoms with Crippen molar-refractivity contribution in [2.75, 3.05) is 33.4 Å². The molecule has 1 saturated heterocycles. The largest absolute Gasteiger partial charge is 0.496 e. The van der Waals surface area contributed by atoms with Crippen LogP contribution in [0.4, 0.5) is 0 Å². The van der Waals surface area contributed by atoms with E-state index < -0.39 is 0 Å². The summed E-state index contributed by atoms with van der Waals surface area (Å²) in [4.78, 5) is 0. The molecule has 3 heteroatoms. The summed E-state index contributed by atoms with van der Waals surface area (Å²) in [6, 6.07) is 6.48. The summed E-state index contributed by atoms with van der Waals surface area (Å²) >= 11 is 0. The van der Waals surface area contributed by atoms with Crippen molar-refractivity contribution in [3.8, 4) is 5.75 Å². The number of benzene rings is 1. The van der Waals surface area contributed by atoms with Crippen molar-refractivity contribution in [2.24, 2.45) is 0 Å². The molecule has 19 heavy (non-hydrogen) atoms. The van der Waals surface area contributed by atoms with Crippen LogP contribution in [-0.4, -0.2) is 33.4 Å². The molecule has 0 amide bonds. The number of aryl methyl sites for hydroxylation is 1. The van der Waals surface area contributed by atoms with Gasteiger partial charge in [0.05, 0.1) is 7.11 Å². The summed E-state index contributed by atoms with van der Waals surface area (Å²) in [5.74, 6) is 1.01. The van der Waals surface area contributed by atoms with Crippen molar-refractivity contribution in [1.82, 2.24) is 5.32 Å². The third-order valence-electron chi connectivity index (χ3n) is 4.09. The van der Waals surface area contributed by atoms with Gasteiger partial charge < -0.3 is 14.8 Å². The Morgan fingerprint density at radius 3 is 2.68 bits per heavy atom. The average molecular weight is 263 g/mol. The van der Waals surface area contributed by atoms with Crippen LogP contribution in [0.2, 0.25) is 0 Å². The molecule has 1 aliphatic rings. The number of methoxy groups -OCH3 is 1. The third kappa shape index (κ3) is 3.10. The standard InChI is InChI=1S/C16H25NO2/c1-4-17-12-16(7-9-19-10-8-16)14-11-13(2)5-6-15(14)18-3/h5-6,11,17H,4,7-10,12H2,1-3H3. The first kappa shape index (κ1) is 14.4. The minimum atomic E-state index is 0.144. The van der Waals surface area contributed by atoms with Crippen LogP contribution in [0, 0.1) is 6.92 Å². The first-order valence-electron chi connectivity index (χ1n) is 7.15. The van der Waals surface area contributed by atoms with Gasteiger partial charge in [-0.3, -0.25) is 0 Å². The Balaban J connectivity index is 2.38. The minimum absolute atomic E-state index is 0.144. The van der Waals surface area contributed by atoms with Gasteiger partial charge in [-0.2, -0.15) is 0 Å². The second kappa shape index (κ2) is 6.40. The van der Waals surface area contributed by atoms with Crippen LogP contribution >= 0.6 is 0 Å². The number of likely N-dealkylation sites (N-methyl/N-ethyl adjacent to an activating group) is 1. The van der Waals surface area contributed by atoms with Crippen molar-refractivity contribution in [2.45, 2.75) is 32.1 Å². The zero-order valence-corrected chi connectivity index (χ0v) is 12.3. The van der Waals surface area contributed by atoms with Crippen LogP contribution < -0.4 is 10.1 Å². The number of nitrogens with one attached hydrogen (secondary N) is 1. The van der Waals surface area contributed by atoms with Crippen LogP contribution in [0.25, 0.3) is 0 Å². The van der Waals surface area contributed by atoms with E-state index in [1.807, 2.05) is 0 Å². The highest BCUT2D eigenvalue weighted by Crippen LogP contribution is 2.39. The maximum atomic E-state index is 5.59. The number of hydrogen-bond donors (Lipinski definition) is 1. The van der Waals surface area contributed by atoms with E-state index in [0.717, 1.165) is 44.9 Å². The summed E-state index contributed by atoms with van der Waals surface area (Å²) in [6.07, 6.45) is 2.11. The van der Waals surface area contributed by atoms with Crippen molar-refractivity contribution < 1.29 is 9.47 Å². The third-order valence-corrected chi connectivity index (χ3v) is 4.09. The fraction of sp³-hybridized carbons (Fsp3) is 0.625. The van der Waals surface area contributed by atoms with Crippen LogP contribution in [0.5, 0.6) is 5.75 Å². The molecule has 1 aromatic carbocycles. The molecule has 1 aliphatic heterocycles. The van der Waals surface area contributed by atoms with E-state index >= 15 is 0 Å². The molecule has 2 rings (SSSR count). The van der Waals surface area contributed by atoms with E-state index in [0.29, 0.717) is 0 Å². The van der Waals surface area contributed by atoms with Gasteiger partial charge in [0.2, 0.25) is 0 Å². The maximum Gasteiger partial charge on any atom is 0.122 e. The van der Waals surface area contributed by atoms with Gasteiger partial charge in [0.15, 0.2) is 0 Å². The molecule has 0 saturated carbocycles. The van der Waals surface area contributed by atoms with Gasteiger partial charge in [0, 0.05) is 30.7 Å². The van der Waals surface area contributed by atoms with Gasteiger partial charge in [-0.1, -0.05) is 24.6 Å². The number of ether oxygens (including phenoxy) is 2. The Hall–Kier alpha value is -1.06. The normalized spacial score (nSPS) is 18.3. The molecule has 0 spiro atoms. The van der Waals surface area contributed by atoms with Crippen molar-refractivity contribution in [1.29, 1.82) is 0 Å².